The van der Waals surface area contributed by atoms with Crippen LogP contribution >= 0.6 is 0 Å². The molecule has 0 bridgehead atoms. The van der Waals surface area contributed by atoms with Crippen molar-refractivity contribution in [1.29, 1.82) is 0 Å². The van der Waals surface area contributed by atoms with Crippen LogP contribution in [0.15, 0.2) is 42.7 Å². The van der Waals surface area contributed by atoms with Gasteiger partial charge in [0, 0.05) is 50.4 Å². The van der Waals surface area contributed by atoms with Gasteiger partial charge in [-0.2, -0.15) is 0 Å². The van der Waals surface area contributed by atoms with Crippen LogP contribution < -0.4 is 14.7 Å². The Morgan fingerprint density at radius 1 is 0.885 bits per heavy atom. The Morgan fingerprint density at radius 2 is 1.69 bits per heavy atom. The molecule has 0 radical (unpaired) electrons. The number of fused-ring (bicyclic) bond motifs is 1. The number of hydrogen-bond acceptors (Lipinski definition) is 6. The summed E-state index contributed by atoms with van der Waals surface area (Å²) in [5.74, 6) is 2.82. The molecule has 0 saturated carbocycles. The zero-order valence-corrected chi connectivity index (χ0v) is 15.0. The molecule has 136 valence electrons. The number of benzene rings is 1. The van der Waals surface area contributed by atoms with E-state index in [1.54, 1.807) is 6.33 Å². The largest absolute Gasteiger partial charge is 0.378 e. The van der Waals surface area contributed by atoms with E-state index in [1.165, 1.54) is 12.1 Å². The Bertz CT molecular complexity index is 749. The molecule has 6 nitrogen and oxygen atoms in total. The average molecular weight is 351 g/mol. The molecular formula is C20H25N5O. The summed E-state index contributed by atoms with van der Waals surface area (Å²) in [5, 5.41) is 0. The van der Waals surface area contributed by atoms with E-state index in [0.29, 0.717) is 6.04 Å². The zero-order valence-electron chi connectivity index (χ0n) is 15.0. The molecule has 5 rings (SSSR count). The average Bonchev–Trinajstić information content (AvgIpc) is 3.30. The van der Waals surface area contributed by atoms with E-state index in [4.69, 9.17) is 4.74 Å². The number of para-hydroxylation sites is 1. The maximum absolute atomic E-state index is 5.46. The molecule has 0 amide bonds. The summed E-state index contributed by atoms with van der Waals surface area (Å²) in [5.41, 5.74) is 1.33. The fourth-order valence-corrected chi connectivity index (χ4v) is 4.56. The second-order valence-electron chi connectivity index (χ2n) is 7.38. The van der Waals surface area contributed by atoms with Crippen LogP contribution in [0.2, 0.25) is 0 Å². The lowest BCUT2D eigenvalue weighted by atomic mass is 10.1. The number of anilines is 3. The Labute approximate surface area is 154 Å². The molecular weight excluding hydrogens is 326 g/mol. The summed E-state index contributed by atoms with van der Waals surface area (Å²) >= 11 is 0. The highest BCUT2D eigenvalue weighted by atomic mass is 16.5. The first kappa shape index (κ1) is 15.9. The van der Waals surface area contributed by atoms with Gasteiger partial charge in [-0.3, -0.25) is 0 Å². The SMILES string of the molecule is c1ccc(N2CC3CCN(c4cc(N5CCOCC5)ncn4)C3C2)cc1. The predicted octanol–water partition coefficient (Wildman–Crippen LogP) is 2.03. The number of ether oxygens (including phenoxy) is 1. The number of rotatable bonds is 3. The van der Waals surface area contributed by atoms with Gasteiger partial charge >= 0.3 is 0 Å². The van der Waals surface area contributed by atoms with Crippen LogP contribution in [0.3, 0.4) is 0 Å². The van der Waals surface area contributed by atoms with Crippen LogP contribution in [0.5, 0.6) is 0 Å². The van der Waals surface area contributed by atoms with Crippen molar-refractivity contribution in [2.45, 2.75) is 12.5 Å². The second-order valence-corrected chi connectivity index (χ2v) is 7.38. The minimum absolute atomic E-state index is 0.544. The first-order chi connectivity index (χ1) is 12.9. The van der Waals surface area contributed by atoms with Crippen molar-refractivity contribution >= 4 is 17.3 Å². The van der Waals surface area contributed by atoms with Crippen LogP contribution in [0.25, 0.3) is 0 Å². The van der Waals surface area contributed by atoms with E-state index in [0.717, 1.165) is 63.5 Å². The molecule has 0 spiro atoms. The normalized spacial score (nSPS) is 25.6. The topological polar surface area (TPSA) is 44.7 Å². The van der Waals surface area contributed by atoms with Crippen molar-refractivity contribution in [2.24, 2.45) is 5.92 Å². The molecule has 2 aromatic rings. The molecule has 3 saturated heterocycles. The Balaban J connectivity index is 1.35. The Morgan fingerprint density at radius 3 is 2.54 bits per heavy atom. The van der Waals surface area contributed by atoms with Crippen molar-refractivity contribution < 1.29 is 4.74 Å². The number of morpholine rings is 1. The summed E-state index contributed by atoms with van der Waals surface area (Å²) in [6.07, 6.45) is 2.96. The smallest absolute Gasteiger partial charge is 0.134 e. The molecule has 3 aliphatic rings. The van der Waals surface area contributed by atoms with Crippen LogP contribution in [-0.2, 0) is 4.74 Å². The molecule has 4 heterocycles. The predicted molar refractivity (Wildman–Crippen MR) is 103 cm³/mol. The van der Waals surface area contributed by atoms with Gasteiger partial charge in [-0.25, -0.2) is 9.97 Å². The van der Waals surface area contributed by atoms with Crippen LogP contribution in [0.1, 0.15) is 6.42 Å². The van der Waals surface area contributed by atoms with Gasteiger partial charge in [-0.05, 0) is 18.6 Å². The lowest BCUT2D eigenvalue weighted by Gasteiger charge is -2.30. The van der Waals surface area contributed by atoms with Gasteiger partial charge in [-0.15, -0.1) is 0 Å². The first-order valence-electron chi connectivity index (χ1n) is 9.60. The standard InChI is InChI=1S/C20H25N5O/c1-2-4-17(5-3-1)24-13-16-6-7-25(18(16)14-24)20-12-19(21-15-22-20)23-8-10-26-11-9-23/h1-5,12,15-16,18H,6-11,13-14H2. The molecule has 3 aliphatic heterocycles. The summed E-state index contributed by atoms with van der Waals surface area (Å²) in [7, 11) is 0. The molecule has 2 atom stereocenters. The van der Waals surface area contributed by atoms with Gasteiger partial charge in [0.1, 0.15) is 18.0 Å². The van der Waals surface area contributed by atoms with Crippen molar-refractivity contribution in [3.05, 3.63) is 42.7 Å². The van der Waals surface area contributed by atoms with Gasteiger partial charge in [0.05, 0.1) is 19.3 Å². The summed E-state index contributed by atoms with van der Waals surface area (Å²) in [6, 6.07) is 13.5. The van der Waals surface area contributed by atoms with Gasteiger partial charge in [0.25, 0.3) is 0 Å². The molecule has 2 unspecified atom stereocenters. The van der Waals surface area contributed by atoms with Gasteiger partial charge in [-0.1, -0.05) is 18.2 Å². The van der Waals surface area contributed by atoms with Crippen molar-refractivity contribution in [3.8, 4) is 0 Å². The van der Waals surface area contributed by atoms with Crippen LogP contribution in [0, 0.1) is 5.92 Å². The fourth-order valence-electron chi connectivity index (χ4n) is 4.56. The van der Waals surface area contributed by atoms with E-state index in [1.807, 2.05) is 0 Å². The molecule has 0 aliphatic carbocycles. The van der Waals surface area contributed by atoms with Crippen molar-refractivity contribution in [1.82, 2.24) is 9.97 Å². The maximum Gasteiger partial charge on any atom is 0.134 e. The maximum atomic E-state index is 5.46. The van der Waals surface area contributed by atoms with Gasteiger partial charge in [0.2, 0.25) is 0 Å². The molecule has 1 aromatic heterocycles. The fraction of sp³-hybridized carbons (Fsp3) is 0.500. The van der Waals surface area contributed by atoms with Crippen LogP contribution in [0.4, 0.5) is 17.3 Å². The van der Waals surface area contributed by atoms with Gasteiger partial charge < -0.3 is 19.4 Å². The summed E-state index contributed by atoms with van der Waals surface area (Å²) in [4.78, 5) is 16.4. The highest BCUT2D eigenvalue weighted by Crippen LogP contribution is 2.36. The summed E-state index contributed by atoms with van der Waals surface area (Å²) < 4.78 is 5.46. The lowest BCUT2D eigenvalue weighted by Crippen LogP contribution is -2.38. The molecule has 26 heavy (non-hydrogen) atoms. The van der Waals surface area contributed by atoms with Crippen LogP contribution in [-0.4, -0.2) is 61.9 Å². The van der Waals surface area contributed by atoms with Gasteiger partial charge in [0.15, 0.2) is 0 Å². The third-order valence-electron chi connectivity index (χ3n) is 5.94. The number of aromatic nitrogens is 2. The Hall–Kier alpha value is -2.34. The van der Waals surface area contributed by atoms with Crippen molar-refractivity contribution in [2.75, 3.05) is 60.6 Å². The quantitative estimate of drug-likeness (QED) is 0.843. The first-order valence-corrected chi connectivity index (χ1v) is 9.60. The number of nitrogens with zero attached hydrogens (tertiary/aromatic N) is 5. The van der Waals surface area contributed by atoms with Crippen molar-refractivity contribution in [3.63, 3.8) is 0 Å². The highest BCUT2D eigenvalue weighted by molar-refractivity contribution is 5.54. The summed E-state index contributed by atoms with van der Waals surface area (Å²) in [6.45, 7) is 6.68. The second kappa shape index (κ2) is 6.76. The highest BCUT2D eigenvalue weighted by Gasteiger charge is 2.42. The van der Waals surface area contributed by atoms with E-state index in [2.05, 4.69) is 61.1 Å². The molecule has 6 heteroatoms. The molecule has 3 fully saturated rings. The van der Waals surface area contributed by atoms with E-state index in [-0.39, 0.29) is 0 Å². The molecule has 1 aromatic carbocycles. The van der Waals surface area contributed by atoms with E-state index >= 15 is 0 Å². The lowest BCUT2D eigenvalue weighted by molar-refractivity contribution is 0.122. The van der Waals surface area contributed by atoms with E-state index < -0.39 is 0 Å². The minimum Gasteiger partial charge on any atom is -0.378 e. The monoisotopic (exact) mass is 351 g/mol. The minimum atomic E-state index is 0.544. The number of hydrogen-bond donors (Lipinski definition) is 0. The Kier molecular flexibility index (Phi) is 4.13. The van der Waals surface area contributed by atoms with E-state index in [9.17, 15) is 0 Å². The zero-order chi connectivity index (χ0) is 17.3. The molecule has 0 N–H and O–H groups in total. The third kappa shape index (κ3) is 2.88. The third-order valence-corrected chi connectivity index (χ3v) is 5.94.